The normalized spacial score (nSPS) is 24.2. The van der Waals surface area contributed by atoms with E-state index in [1.165, 1.54) is 0 Å². The Bertz CT molecular complexity index is 612. The molecule has 1 atom stereocenters. The lowest BCUT2D eigenvalue weighted by atomic mass is 10.2. The first-order valence-electron chi connectivity index (χ1n) is 6.41. The van der Waals surface area contributed by atoms with Crippen LogP contribution >= 0.6 is 0 Å². The van der Waals surface area contributed by atoms with Gasteiger partial charge in [-0.3, -0.25) is 4.90 Å². The Morgan fingerprint density at radius 1 is 1.32 bits per heavy atom. The molecule has 2 amide bonds. The summed E-state index contributed by atoms with van der Waals surface area (Å²) < 4.78 is 22.8. The van der Waals surface area contributed by atoms with Gasteiger partial charge in [-0.2, -0.15) is 0 Å². The van der Waals surface area contributed by atoms with E-state index in [0.29, 0.717) is 13.0 Å². The number of fused-ring (bicyclic) bond motifs is 1. The van der Waals surface area contributed by atoms with Gasteiger partial charge < -0.3 is 5.32 Å². The quantitative estimate of drug-likeness (QED) is 0.832. The van der Waals surface area contributed by atoms with Crippen LogP contribution in [0.15, 0.2) is 24.3 Å². The average molecular weight is 280 g/mol. The van der Waals surface area contributed by atoms with Crippen molar-refractivity contribution in [3.05, 3.63) is 29.8 Å². The molecule has 1 N–H and O–H groups in total. The summed E-state index contributed by atoms with van der Waals surface area (Å²) in [6.07, 6.45) is 1.37. The minimum atomic E-state index is -2.96. The molecule has 0 spiro atoms. The summed E-state index contributed by atoms with van der Waals surface area (Å²) in [5, 5.41) is 2.83. The summed E-state index contributed by atoms with van der Waals surface area (Å²) in [5.74, 6) is 0.239. The van der Waals surface area contributed by atoms with Crippen molar-refractivity contribution in [1.29, 1.82) is 0 Å². The highest BCUT2D eigenvalue weighted by Gasteiger charge is 2.31. The first-order valence-corrected chi connectivity index (χ1v) is 8.24. The first kappa shape index (κ1) is 12.5. The Hall–Kier alpha value is -1.56. The maximum Gasteiger partial charge on any atom is 0.322 e. The van der Waals surface area contributed by atoms with Gasteiger partial charge in [0.25, 0.3) is 0 Å². The lowest BCUT2D eigenvalue weighted by Gasteiger charge is -2.20. The Kier molecular flexibility index (Phi) is 2.97. The molecule has 2 heterocycles. The molecule has 2 aliphatic rings. The fourth-order valence-electron chi connectivity index (χ4n) is 2.71. The number of sulfone groups is 1. The second-order valence-corrected chi connectivity index (χ2v) is 7.31. The molecule has 3 rings (SSSR count). The molecule has 19 heavy (non-hydrogen) atoms. The molecule has 0 saturated carbocycles. The Balaban J connectivity index is 1.70. The van der Waals surface area contributed by atoms with Crippen LogP contribution in [0.1, 0.15) is 12.0 Å². The molecule has 1 fully saturated rings. The number of hydrogen-bond donors (Lipinski definition) is 1. The van der Waals surface area contributed by atoms with Crippen LogP contribution < -0.4 is 10.2 Å². The van der Waals surface area contributed by atoms with Gasteiger partial charge in [0.1, 0.15) is 0 Å². The van der Waals surface area contributed by atoms with Gasteiger partial charge in [-0.05, 0) is 24.5 Å². The number of rotatable bonds is 1. The first-order chi connectivity index (χ1) is 9.05. The van der Waals surface area contributed by atoms with E-state index >= 15 is 0 Å². The number of anilines is 1. The summed E-state index contributed by atoms with van der Waals surface area (Å²) >= 11 is 0. The number of amides is 2. The van der Waals surface area contributed by atoms with E-state index in [2.05, 4.69) is 5.32 Å². The van der Waals surface area contributed by atoms with Crippen molar-refractivity contribution in [2.75, 3.05) is 23.0 Å². The highest BCUT2D eigenvalue weighted by molar-refractivity contribution is 7.91. The number of nitrogens with one attached hydrogen (secondary N) is 1. The van der Waals surface area contributed by atoms with Crippen LogP contribution in [0.25, 0.3) is 0 Å². The van der Waals surface area contributed by atoms with E-state index in [1.54, 1.807) is 4.90 Å². The molecule has 102 valence electrons. The van der Waals surface area contributed by atoms with Crippen molar-refractivity contribution in [2.24, 2.45) is 0 Å². The van der Waals surface area contributed by atoms with E-state index < -0.39 is 9.84 Å². The molecular formula is C13H16N2O3S. The van der Waals surface area contributed by atoms with E-state index in [0.717, 1.165) is 17.7 Å². The molecular weight excluding hydrogens is 264 g/mol. The number of carbonyl (C=O) groups is 1. The van der Waals surface area contributed by atoms with Crippen LogP contribution in [-0.2, 0) is 16.3 Å². The monoisotopic (exact) mass is 280 g/mol. The van der Waals surface area contributed by atoms with Gasteiger partial charge >= 0.3 is 6.03 Å². The standard InChI is InChI=1S/C13H16N2O3S/c16-13(14-11-6-8-19(17,18)9-11)15-7-5-10-3-1-2-4-12(10)15/h1-4,11H,5-9H2,(H,14,16)/t11-/m0/s1. The minimum absolute atomic E-state index is 0.0637. The fourth-order valence-corrected chi connectivity index (χ4v) is 4.38. The predicted octanol–water partition coefficient (Wildman–Crippen LogP) is 0.946. The van der Waals surface area contributed by atoms with Crippen LogP contribution in [0, 0.1) is 0 Å². The molecule has 6 heteroatoms. The molecule has 1 aromatic rings. The summed E-state index contributed by atoms with van der Waals surface area (Å²) in [7, 11) is -2.96. The van der Waals surface area contributed by atoms with E-state index in [-0.39, 0.29) is 23.6 Å². The van der Waals surface area contributed by atoms with E-state index in [4.69, 9.17) is 0 Å². The molecule has 0 radical (unpaired) electrons. The van der Waals surface area contributed by atoms with Crippen LogP contribution in [0.5, 0.6) is 0 Å². The number of carbonyl (C=O) groups excluding carboxylic acids is 1. The van der Waals surface area contributed by atoms with Crippen LogP contribution in [0.4, 0.5) is 10.5 Å². The second kappa shape index (κ2) is 4.52. The molecule has 1 aromatic carbocycles. The van der Waals surface area contributed by atoms with Gasteiger partial charge in [-0.1, -0.05) is 18.2 Å². The zero-order valence-electron chi connectivity index (χ0n) is 10.5. The lowest BCUT2D eigenvalue weighted by molar-refractivity contribution is 0.244. The van der Waals surface area contributed by atoms with Crippen molar-refractivity contribution in [1.82, 2.24) is 5.32 Å². The number of para-hydroxylation sites is 1. The maximum absolute atomic E-state index is 12.2. The number of benzene rings is 1. The molecule has 5 nitrogen and oxygen atoms in total. The van der Waals surface area contributed by atoms with Crippen LogP contribution in [0.3, 0.4) is 0 Å². The van der Waals surface area contributed by atoms with Crippen molar-refractivity contribution >= 4 is 21.6 Å². The highest BCUT2D eigenvalue weighted by Crippen LogP contribution is 2.27. The van der Waals surface area contributed by atoms with Gasteiger partial charge in [0.15, 0.2) is 9.84 Å². The Morgan fingerprint density at radius 2 is 2.11 bits per heavy atom. The van der Waals surface area contributed by atoms with Crippen molar-refractivity contribution in [2.45, 2.75) is 18.9 Å². The molecule has 2 aliphatic heterocycles. The van der Waals surface area contributed by atoms with Crippen molar-refractivity contribution < 1.29 is 13.2 Å². The number of nitrogens with zero attached hydrogens (tertiary/aromatic N) is 1. The maximum atomic E-state index is 12.2. The van der Waals surface area contributed by atoms with Crippen molar-refractivity contribution in [3.8, 4) is 0 Å². The minimum Gasteiger partial charge on any atom is -0.334 e. The van der Waals surface area contributed by atoms with Crippen LogP contribution in [0.2, 0.25) is 0 Å². The van der Waals surface area contributed by atoms with E-state index in [9.17, 15) is 13.2 Å². The number of hydrogen-bond acceptors (Lipinski definition) is 3. The number of urea groups is 1. The summed E-state index contributed by atoms with van der Waals surface area (Å²) in [6.45, 7) is 0.657. The van der Waals surface area contributed by atoms with Crippen molar-refractivity contribution in [3.63, 3.8) is 0 Å². The molecule has 0 aliphatic carbocycles. The fraction of sp³-hybridized carbons (Fsp3) is 0.462. The third-order valence-corrected chi connectivity index (χ3v) is 5.46. The molecule has 0 unspecified atom stereocenters. The Morgan fingerprint density at radius 3 is 2.84 bits per heavy atom. The zero-order chi connectivity index (χ0) is 13.5. The summed E-state index contributed by atoms with van der Waals surface area (Å²) in [4.78, 5) is 13.9. The second-order valence-electron chi connectivity index (χ2n) is 5.08. The topological polar surface area (TPSA) is 66.5 Å². The van der Waals surface area contributed by atoms with Gasteiger partial charge in [0.05, 0.1) is 11.5 Å². The Labute approximate surface area is 112 Å². The summed E-state index contributed by atoms with van der Waals surface area (Å²) in [5.41, 5.74) is 2.09. The lowest BCUT2D eigenvalue weighted by Crippen LogP contribution is -2.44. The SMILES string of the molecule is O=C(N[C@H]1CCS(=O)(=O)C1)N1CCc2ccccc21. The average Bonchev–Trinajstić information content (AvgIpc) is 2.92. The third kappa shape index (κ3) is 2.45. The largest absolute Gasteiger partial charge is 0.334 e. The van der Waals surface area contributed by atoms with Gasteiger partial charge in [0.2, 0.25) is 0 Å². The van der Waals surface area contributed by atoms with Gasteiger partial charge in [-0.25, -0.2) is 13.2 Å². The third-order valence-electron chi connectivity index (χ3n) is 3.69. The zero-order valence-corrected chi connectivity index (χ0v) is 11.3. The van der Waals surface area contributed by atoms with Gasteiger partial charge in [0, 0.05) is 18.3 Å². The van der Waals surface area contributed by atoms with Crippen LogP contribution in [-0.4, -0.2) is 38.5 Å². The molecule has 0 aromatic heterocycles. The van der Waals surface area contributed by atoms with E-state index in [1.807, 2.05) is 24.3 Å². The molecule has 0 bridgehead atoms. The summed E-state index contributed by atoms with van der Waals surface area (Å²) in [6, 6.07) is 7.38. The smallest absolute Gasteiger partial charge is 0.322 e. The molecule has 1 saturated heterocycles. The predicted molar refractivity (Wildman–Crippen MR) is 73.1 cm³/mol. The van der Waals surface area contributed by atoms with Gasteiger partial charge in [-0.15, -0.1) is 0 Å². The highest BCUT2D eigenvalue weighted by atomic mass is 32.2.